The van der Waals surface area contributed by atoms with Crippen LogP contribution in [-0.4, -0.2) is 38.5 Å². The van der Waals surface area contributed by atoms with Crippen LogP contribution in [0.25, 0.3) is 11.3 Å². The van der Waals surface area contributed by atoms with E-state index in [0.717, 1.165) is 28.6 Å². The van der Waals surface area contributed by atoms with E-state index in [9.17, 15) is 39.6 Å². The van der Waals surface area contributed by atoms with Gasteiger partial charge in [-0.2, -0.15) is 31.6 Å². The number of anilines is 1. The van der Waals surface area contributed by atoms with Gasteiger partial charge in [-0.15, -0.1) is 0 Å². The summed E-state index contributed by atoms with van der Waals surface area (Å²) >= 11 is 0. The molecule has 1 atom stereocenters. The smallest absolute Gasteiger partial charge is 0.433 e. The lowest BCUT2D eigenvalue weighted by molar-refractivity contribution is -0.141. The van der Waals surface area contributed by atoms with Crippen molar-refractivity contribution in [2.24, 2.45) is 0 Å². The number of carbonyl (C=O) groups excluding carboxylic acids is 1. The van der Waals surface area contributed by atoms with E-state index in [0.29, 0.717) is 12.1 Å². The number of rotatable bonds is 6. The minimum atomic E-state index is -4.83. The molecule has 2 aromatic carbocycles. The summed E-state index contributed by atoms with van der Waals surface area (Å²) in [7, 11) is -4.68. The summed E-state index contributed by atoms with van der Waals surface area (Å²) in [6.07, 6.45) is -11.1. The molecule has 1 aliphatic heterocycles. The molecule has 0 saturated heterocycles. The van der Waals surface area contributed by atoms with Gasteiger partial charge < -0.3 is 10.1 Å². The van der Waals surface area contributed by atoms with E-state index in [1.54, 1.807) is 6.07 Å². The van der Waals surface area contributed by atoms with E-state index in [1.807, 2.05) is 0 Å². The molecule has 0 radical (unpaired) electrons. The second-order valence-electron chi connectivity index (χ2n) is 8.53. The number of pyridine rings is 1. The molecule has 4 rings (SSSR count). The molecule has 0 aliphatic carbocycles. The van der Waals surface area contributed by atoms with E-state index in [2.05, 4.69) is 10.3 Å². The van der Waals surface area contributed by atoms with Gasteiger partial charge in [0, 0.05) is 5.56 Å². The van der Waals surface area contributed by atoms with Crippen LogP contribution in [-0.2, 0) is 27.2 Å². The summed E-state index contributed by atoms with van der Waals surface area (Å²) < 4.78 is 113. The lowest BCUT2D eigenvalue weighted by Gasteiger charge is -2.36. The molecular formula is C25H18F6N4O4S. The Morgan fingerprint density at radius 3 is 2.45 bits per heavy atom. The van der Waals surface area contributed by atoms with Crippen molar-refractivity contribution in [1.82, 2.24) is 10.3 Å². The highest BCUT2D eigenvalue weighted by Crippen LogP contribution is 2.41. The van der Waals surface area contributed by atoms with Crippen molar-refractivity contribution in [1.29, 1.82) is 5.26 Å². The number of halogens is 6. The maximum Gasteiger partial charge on any atom is 0.433 e. The number of nitriles is 1. The number of alkyl halides is 6. The Bertz CT molecular complexity index is 1590. The van der Waals surface area contributed by atoms with Crippen molar-refractivity contribution in [2.75, 3.05) is 17.4 Å². The SMILES string of the molecule is N#CCC(=O)NC[C@H]1CN(S(=O)(=O)c2cccc(C(F)(F)F)c2)c2cc(-c3cccc(C(F)(F)F)n3)ccc2O1. The number of nitrogens with one attached hydrogen (secondary N) is 1. The second-order valence-corrected chi connectivity index (χ2v) is 10.4. The Hall–Kier alpha value is -4.32. The summed E-state index contributed by atoms with van der Waals surface area (Å²) in [6.45, 7) is -0.719. The molecule has 15 heteroatoms. The maximum absolute atomic E-state index is 13.7. The summed E-state index contributed by atoms with van der Waals surface area (Å²) in [5, 5.41) is 11.1. The normalized spacial score (nSPS) is 15.5. The molecular weight excluding hydrogens is 566 g/mol. The van der Waals surface area contributed by atoms with Crippen molar-refractivity contribution < 1.29 is 44.3 Å². The van der Waals surface area contributed by atoms with Crippen molar-refractivity contribution >= 4 is 21.6 Å². The minimum Gasteiger partial charge on any atom is -0.484 e. The van der Waals surface area contributed by atoms with Crippen molar-refractivity contribution in [3.63, 3.8) is 0 Å². The first kappa shape index (κ1) is 28.7. The summed E-state index contributed by atoms with van der Waals surface area (Å²) in [6, 6.07) is 11.7. The number of sulfonamides is 1. The molecule has 1 aliphatic rings. The van der Waals surface area contributed by atoms with E-state index in [4.69, 9.17) is 10.00 Å². The zero-order chi connectivity index (χ0) is 29.3. The predicted molar refractivity (Wildman–Crippen MR) is 128 cm³/mol. The number of fused-ring (bicyclic) bond motifs is 1. The fourth-order valence-corrected chi connectivity index (χ4v) is 5.43. The molecule has 210 valence electrons. The van der Waals surface area contributed by atoms with Crippen LogP contribution in [0.1, 0.15) is 17.7 Å². The van der Waals surface area contributed by atoms with Gasteiger partial charge >= 0.3 is 12.4 Å². The first-order chi connectivity index (χ1) is 18.7. The Balaban J connectivity index is 1.79. The molecule has 0 bridgehead atoms. The highest BCUT2D eigenvalue weighted by molar-refractivity contribution is 7.92. The number of nitrogens with zero attached hydrogens (tertiary/aromatic N) is 3. The fraction of sp³-hybridized carbons (Fsp3) is 0.240. The molecule has 0 fully saturated rings. The Morgan fingerprint density at radius 2 is 1.77 bits per heavy atom. The number of hydrogen-bond acceptors (Lipinski definition) is 6. The number of aromatic nitrogens is 1. The molecule has 1 N–H and O–H groups in total. The monoisotopic (exact) mass is 584 g/mol. The van der Waals surface area contributed by atoms with Crippen LogP contribution in [0.2, 0.25) is 0 Å². The van der Waals surface area contributed by atoms with Gasteiger partial charge in [-0.25, -0.2) is 13.4 Å². The van der Waals surface area contributed by atoms with Gasteiger partial charge in [-0.1, -0.05) is 12.1 Å². The molecule has 3 aromatic rings. The molecule has 0 saturated carbocycles. The lowest BCUT2D eigenvalue weighted by Crippen LogP contribution is -2.48. The third kappa shape index (κ3) is 6.12. The molecule has 0 unspecified atom stereocenters. The minimum absolute atomic E-state index is 0.0583. The zero-order valence-electron chi connectivity index (χ0n) is 20.1. The predicted octanol–water partition coefficient (Wildman–Crippen LogP) is 4.77. The van der Waals surface area contributed by atoms with Crippen LogP contribution in [0.15, 0.2) is 65.6 Å². The van der Waals surface area contributed by atoms with E-state index in [-0.39, 0.29) is 29.2 Å². The summed E-state index contributed by atoms with van der Waals surface area (Å²) in [4.78, 5) is 14.7. The molecule has 0 spiro atoms. The number of benzene rings is 2. The average molecular weight is 584 g/mol. The van der Waals surface area contributed by atoms with Gasteiger partial charge in [0.2, 0.25) is 5.91 Å². The molecule has 8 nitrogen and oxygen atoms in total. The van der Waals surface area contributed by atoms with Crippen LogP contribution in [0, 0.1) is 11.3 Å². The highest BCUT2D eigenvalue weighted by atomic mass is 32.2. The third-order valence-electron chi connectivity index (χ3n) is 5.74. The Labute approximate surface area is 223 Å². The summed E-state index contributed by atoms with van der Waals surface area (Å²) in [5.41, 5.74) is -2.60. The topological polar surface area (TPSA) is 112 Å². The van der Waals surface area contributed by atoms with Gasteiger partial charge in [0.05, 0.1) is 41.0 Å². The quantitative estimate of drug-likeness (QED) is 0.418. The first-order valence-corrected chi connectivity index (χ1v) is 12.8. The number of hydrogen-bond donors (Lipinski definition) is 1. The average Bonchev–Trinajstić information content (AvgIpc) is 2.90. The van der Waals surface area contributed by atoms with Crippen molar-refractivity contribution in [2.45, 2.75) is 29.8 Å². The van der Waals surface area contributed by atoms with Gasteiger partial charge in [0.1, 0.15) is 24.0 Å². The van der Waals surface area contributed by atoms with Crippen molar-refractivity contribution in [3.05, 3.63) is 71.9 Å². The fourth-order valence-electron chi connectivity index (χ4n) is 3.88. The van der Waals surface area contributed by atoms with E-state index in [1.165, 1.54) is 24.3 Å². The number of ether oxygens (including phenoxy) is 1. The van der Waals surface area contributed by atoms with Gasteiger partial charge in [0.25, 0.3) is 10.0 Å². The largest absolute Gasteiger partial charge is 0.484 e. The second kappa shape index (κ2) is 10.7. The number of carbonyl (C=O) groups is 1. The van der Waals surface area contributed by atoms with E-state index >= 15 is 0 Å². The maximum atomic E-state index is 13.7. The van der Waals surface area contributed by atoms with E-state index < -0.39 is 63.5 Å². The lowest BCUT2D eigenvalue weighted by atomic mass is 10.1. The highest BCUT2D eigenvalue weighted by Gasteiger charge is 2.38. The Kier molecular flexibility index (Phi) is 7.66. The standard InChI is InChI=1S/C25H18F6N4O4S/c26-24(27,28)16-3-1-4-18(12-16)40(37,38)35-14-17(13-33-23(36)9-10-32)39-21-8-7-15(11-20(21)35)19-5-2-6-22(34-19)25(29,30)31/h1-8,11-12,17H,9,13-14H2,(H,33,36)/t17-/m0/s1. The van der Waals surface area contributed by atoms with Crippen LogP contribution in [0.4, 0.5) is 32.0 Å². The summed E-state index contributed by atoms with van der Waals surface area (Å²) in [5.74, 6) is -0.716. The molecule has 1 amide bonds. The van der Waals surface area contributed by atoms with Gasteiger partial charge in [-0.3, -0.25) is 9.10 Å². The van der Waals surface area contributed by atoms with Gasteiger partial charge in [-0.05, 0) is 48.5 Å². The van der Waals surface area contributed by atoms with Crippen LogP contribution < -0.4 is 14.4 Å². The number of amides is 1. The Morgan fingerprint density at radius 1 is 1.05 bits per heavy atom. The molecule has 40 heavy (non-hydrogen) atoms. The molecule has 2 heterocycles. The van der Waals surface area contributed by atoms with Crippen LogP contribution in [0.3, 0.4) is 0 Å². The third-order valence-corrected chi connectivity index (χ3v) is 7.52. The zero-order valence-corrected chi connectivity index (χ0v) is 20.9. The van der Waals surface area contributed by atoms with Gasteiger partial charge in [0.15, 0.2) is 0 Å². The van der Waals surface area contributed by atoms with Crippen LogP contribution >= 0.6 is 0 Å². The van der Waals surface area contributed by atoms with Crippen molar-refractivity contribution in [3.8, 4) is 23.1 Å². The molecule has 1 aromatic heterocycles. The van der Waals surface area contributed by atoms with Crippen LogP contribution in [0.5, 0.6) is 5.75 Å². The first-order valence-electron chi connectivity index (χ1n) is 11.4.